The summed E-state index contributed by atoms with van der Waals surface area (Å²) in [5, 5.41) is 24.0. The fourth-order valence-corrected chi connectivity index (χ4v) is 1.76. The molecule has 0 aliphatic heterocycles. The Balaban J connectivity index is 2.72. The lowest BCUT2D eigenvalue weighted by Gasteiger charge is -2.13. The maximum Gasteiger partial charge on any atom is 0.319 e. The summed E-state index contributed by atoms with van der Waals surface area (Å²) in [7, 11) is 0. The molecule has 0 saturated heterocycles. The van der Waals surface area contributed by atoms with Gasteiger partial charge in [0, 0.05) is 22.6 Å². The predicted molar refractivity (Wildman–Crippen MR) is 74.7 cm³/mol. The molecule has 0 spiro atoms. The zero-order valence-corrected chi connectivity index (χ0v) is 12.0. The number of halogens is 1. The van der Waals surface area contributed by atoms with Crippen LogP contribution in [0.1, 0.15) is 13.3 Å². The van der Waals surface area contributed by atoms with Crippen molar-refractivity contribution in [1.82, 2.24) is 5.32 Å². The molecular weight excluding hydrogens is 334 g/mol. The minimum Gasteiger partial charge on any atom is -0.481 e. The quantitative estimate of drug-likeness (QED) is 0.558. The first-order chi connectivity index (χ1) is 9.29. The van der Waals surface area contributed by atoms with Crippen LogP contribution >= 0.6 is 15.9 Å². The zero-order valence-electron chi connectivity index (χ0n) is 10.4. The molecule has 0 heterocycles. The van der Waals surface area contributed by atoms with Crippen molar-refractivity contribution in [2.45, 2.75) is 19.4 Å². The first-order valence-electron chi connectivity index (χ1n) is 5.53. The van der Waals surface area contributed by atoms with E-state index in [4.69, 9.17) is 5.11 Å². The van der Waals surface area contributed by atoms with Gasteiger partial charge in [0.15, 0.2) is 0 Å². The van der Waals surface area contributed by atoms with Crippen LogP contribution in [0, 0.1) is 10.1 Å². The van der Waals surface area contributed by atoms with Gasteiger partial charge < -0.3 is 15.7 Å². The minimum absolute atomic E-state index is 0.165. The van der Waals surface area contributed by atoms with Crippen molar-refractivity contribution < 1.29 is 19.6 Å². The summed E-state index contributed by atoms with van der Waals surface area (Å²) in [6.07, 6.45) is -0.219. The second kappa shape index (κ2) is 6.85. The highest BCUT2D eigenvalue weighted by atomic mass is 79.9. The van der Waals surface area contributed by atoms with E-state index in [2.05, 4.69) is 26.6 Å². The number of hydrogen-bond donors (Lipinski definition) is 3. The molecule has 3 N–H and O–H groups in total. The Morgan fingerprint density at radius 2 is 2.15 bits per heavy atom. The van der Waals surface area contributed by atoms with Crippen molar-refractivity contribution in [1.29, 1.82) is 0 Å². The topological polar surface area (TPSA) is 122 Å². The number of nitrogens with zero attached hydrogens (tertiary/aromatic N) is 1. The van der Waals surface area contributed by atoms with Gasteiger partial charge in [0.05, 0.1) is 17.0 Å². The number of carboxylic acids is 1. The third-order valence-corrected chi connectivity index (χ3v) is 2.96. The van der Waals surface area contributed by atoms with E-state index in [0.29, 0.717) is 4.47 Å². The number of amides is 2. The highest BCUT2D eigenvalue weighted by Crippen LogP contribution is 2.26. The molecule has 0 aliphatic carbocycles. The van der Waals surface area contributed by atoms with E-state index in [1.54, 1.807) is 0 Å². The van der Waals surface area contributed by atoms with E-state index in [1.165, 1.54) is 25.1 Å². The number of benzene rings is 1. The van der Waals surface area contributed by atoms with Crippen LogP contribution in [0.15, 0.2) is 22.7 Å². The third kappa shape index (κ3) is 4.84. The van der Waals surface area contributed by atoms with Gasteiger partial charge in [0.2, 0.25) is 0 Å². The Hall–Kier alpha value is -2.16. The highest BCUT2D eigenvalue weighted by molar-refractivity contribution is 9.10. The smallest absolute Gasteiger partial charge is 0.319 e. The van der Waals surface area contributed by atoms with Crippen LogP contribution in [0.3, 0.4) is 0 Å². The van der Waals surface area contributed by atoms with Crippen molar-refractivity contribution in [2.75, 3.05) is 5.32 Å². The summed E-state index contributed by atoms with van der Waals surface area (Å²) in [5.41, 5.74) is 0.0568. The maximum absolute atomic E-state index is 11.6. The van der Waals surface area contributed by atoms with Crippen molar-refractivity contribution in [3.63, 3.8) is 0 Å². The van der Waals surface area contributed by atoms with Gasteiger partial charge in [0.1, 0.15) is 0 Å². The van der Waals surface area contributed by atoms with E-state index in [-0.39, 0.29) is 17.8 Å². The second-order valence-electron chi connectivity index (χ2n) is 4.02. The Kier molecular flexibility index (Phi) is 5.44. The number of urea groups is 1. The van der Waals surface area contributed by atoms with E-state index >= 15 is 0 Å². The van der Waals surface area contributed by atoms with Crippen molar-refractivity contribution in [3.8, 4) is 0 Å². The molecule has 0 fully saturated rings. The van der Waals surface area contributed by atoms with Crippen LogP contribution in [0.25, 0.3) is 0 Å². The number of non-ortho nitro benzene ring substituents is 1. The van der Waals surface area contributed by atoms with Gasteiger partial charge >= 0.3 is 12.0 Å². The van der Waals surface area contributed by atoms with Gasteiger partial charge in [0.25, 0.3) is 5.69 Å². The third-order valence-electron chi connectivity index (χ3n) is 2.27. The van der Waals surface area contributed by atoms with Crippen LogP contribution in [0.2, 0.25) is 0 Å². The Morgan fingerprint density at radius 3 is 2.70 bits per heavy atom. The lowest BCUT2D eigenvalue weighted by Crippen LogP contribution is -2.37. The largest absolute Gasteiger partial charge is 0.481 e. The summed E-state index contributed by atoms with van der Waals surface area (Å²) in [4.78, 5) is 32.2. The van der Waals surface area contributed by atoms with Crippen molar-refractivity contribution >= 4 is 39.3 Å². The molecule has 1 aromatic rings. The summed E-state index contributed by atoms with van der Waals surface area (Å²) >= 11 is 3.16. The summed E-state index contributed by atoms with van der Waals surface area (Å²) in [6, 6.07) is 2.73. The predicted octanol–water partition coefficient (Wildman–Crippen LogP) is 2.34. The average Bonchev–Trinajstić information content (AvgIpc) is 2.30. The SMILES string of the molecule is CC(CC(=O)O)NC(=O)Nc1cc([N+](=O)[O-])ccc1Br. The molecule has 0 saturated carbocycles. The Labute approximate surface area is 122 Å². The van der Waals surface area contributed by atoms with Gasteiger partial charge in [-0.2, -0.15) is 0 Å². The van der Waals surface area contributed by atoms with Gasteiger partial charge in [-0.3, -0.25) is 14.9 Å². The molecule has 0 radical (unpaired) electrons. The Morgan fingerprint density at radius 1 is 1.50 bits per heavy atom. The number of nitrogens with one attached hydrogen (secondary N) is 2. The summed E-state index contributed by atoms with van der Waals surface area (Å²) in [5.74, 6) is -1.03. The molecule has 9 heteroatoms. The average molecular weight is 346 g/mol. The van der Waals surface area contributed by atoms with Crippen molar-refractivity contribution in [2.24, 2.45) is 0 Å². The van der Waals surface area contributed by atoms with Crippen LogP contribution in [-0.2, 0) is 4.79 Å². The Bertz CT molecular complexity index is 549. The number of carboxylic acid groups (broad SMARTS) is 1. The molecule has 20 heavy (non-hydrogen) atoms. The molecule has 0 aromatic heterocycles. The molecule has 0 aliphatic rings. The van der Waals surface area contributed by atoms with Crippen LogP contribution in [0.4, 0.5) is 16.2 Å². The van der Waals surface area contributed by atoms with E-state index in [0.717, 1.165) is 0 Å². The van der Waals surface area contributed by atoms with Crippen molar-refractivity contribution in [3.05, 3.63) is 32.8 Å². The second-order valence-corrected chi connectivity index (χ2v) is 4.87. The van der Waals surface area contributed by atoms with Gasteiger partial charge in [-0.1, -0.05) is 0 Å². The van der Waals surface area contributed by atoms with Crippen LogP contribution in [0.5, 0.6) is 0 Å². The number of hydrogen-bond acceptors (Lipinski definition) is 4. The monoisotopic (exact) mass is 345 g/mol. The standard InChI is InChI=1S/C11H12BrN3O5/c1-6(4-10(16)17)13-11(18)14-9-5-7(15(19)20)2-3-8(9)12/h2-3,5-6H,4H2,1H3,(H,16,17)(H2,13,14,18). The van der Waals surface area contributed by atoms with Crippen LogP contribution in [-0.4, -0.2) is 28.1 Å². The molecule has 8 nitrogen and oxygen atoms in total. The fourth-order valence-electron chi connectivity index (χ4n) is 1.42. The van der Waals surface area contributed by atoms with E-state index < -0.39 is 23.0 Å². The molecule has 2 amide bonds. The summed E-state index contributed by atoms with van der Waals surface area (Å²) in [6.45, 7) is 1.54. The number of aliphatic carboxylic acids is 1. The van der Waals surface area contributed by atoms with E-state index in [1.807, 2.05) is 0 Å². The molecule has 1 atom stereocenters. The molecular formula is C11H12BrN3O5. The zero-order chi connectivity index (χ0) is 15.3. The van der Waals surface area contributed by atoms with Gasteiger partial charge in [-0.05, 0) is 28.9 Å². The first kappa shape index (κ1) is 15.9. The first-order valence-corrected chi connectivity index (χ1v) is 6.32. The normalized spacial score (nSPS) is 11.5. The molecule has 108 valence electrons. The van der Waals surface area contributed by atoms with Gasteiger partial charge in [-0.25, -0.2) is 4.79 Å². The van der Waals surface area contributed by atoms with E-state index in [9.17, 15) is 19.7 Å². The number of carbonyl (C=O) groups is 2. The molecule has 1 unspecified atom stereocenters. The lowest BCUT2D eigenvalue weighted by molar-refractivity contribution is -0.384. The number of nitro groups is 1. The number of rotatable bonds is 5. The minimum atomic E-state index is -1.03. The van der Waals surface area contributed by atoms with Gasteiger partial charge in [-0.15, -0.1) is 0 Å². The lowest BCUT2D eigenvalue weighted by atomic mass is 10.2. The highest BCUT2D eigenvalue weighted by Gasteiger charge is 2.14. The number of carbonyl (C=O) groups excluding carboxylic acids is 1. The number of anilines is 1. The fraction of sp³-hybridized carbons (Fsp3) is 0.273. The maximum atomic E-state index is 11.6. The molecule has 0 bridgehead atoms. The number of nitro benzene ring substituents is 1. The molecule has 1 aromatic carbocycles. The van der Waals surface area contributed by atoms with Crippen LogP contribution < -0.4 is 10.6 Å². The molecule has 1 rings (SSSR count). The summed E-state index contributed by atoms with van der Waals surface area (Å²) < 4.78 is 0.476.